The van der Waals surface area contributed by atoms with E-state index in [9.17, 15) is 14.9 Å². The maximum atomic E-state index is 11.8. The highest BCUT2D eigenvalue weighted by molar-refractivity contribution is 7.80. The molecule has 2 rings (SSSR count). The number of carbonyl (C=O) groups is 1. The van der Waals surface area contributed by atoms with Gasteiger partial charge in [-0.15, -0.1) is 0 Å². The Kier molecular flexibility index (Phi) is 5.75. The highest BCUT2D eigenvalue weighted by atomic mass is 32.1. The Bertz CT molecular complexity index is 801. The first-order valence-corrected chi connectivity index (χ1v) is 7.46. The second-order valence-electron chi connectivity index (χ2n) is 4.96. The summed E-state index contributed by atoms with van der Waals surface area (Å²) in [6, 6.07) is 13.7. The first kappa shape index (κ1) is 17.3. The van der Waals surface area contributed by atoms with Crippen molar-refractivity contribution in [3.05, 3.63) is 75.8 Å². The Balaban J connectivity index is 1.96. The fourth-order valence-electron chi connectivity index (χ4n) is 1.90. The first-order chi connectivity index (χ1) is 11.5. The Morgan fingerprint density at radius 3 is 2.50 bits per heavy atom. The second-order valence-corrected chi connectivity index (χ2v) is 5.37. The number of nitro groups is 1. The average Bonchev–Trinajstić information content (AvgIpc) is 2.54. The van der Waals surface area contributed by atoms with Crippen molar-refractivity contribution in [3.8, 4) is 0 Å². The summed E-state index contributed by atoms with van der Waals surface area (Å²) in [4.78, 5) is 22.3. The van der Waals surface area contributed by atoms with Crippen molar-refractivity contribution >= 4 is 40.7 Å². The van der Waals surface area contributed by atoms with Gasteiger partial charge in [0.25, 0.3) is 5.69 Å². The minimum Gasteiger partial charge on any atom is -0.327 e. The molecule has 0 unspecified atom stereocenters. The molecule has 0 aliphatic carbocycles. The Labute approximate surface area is 144 Å². The van der Waals surface area contributed by atoms with E-state index in [1.165, 1.54) is 18.2 Å². The number of nitro benzene ring substituents is 1. The van der Waals surface area contributed by atoms with Gasteiger partial charge in [-0.25, -0.2) is 0 Å². The number of amides is 1. The van der Waals surface area contributed by atoms with E-state index in [4.69, 9.17) is 12.2 Å². The number of carbonyl (C=O) groups excluding carboxylic acids is 1. The van der Waals surface area contributed by atoms with Gasteiger partial charge in [-0.05, 0) is 36.8 Å². The van der Waals surface area contributed by atoms with Crippen LogP contribution in [0.4, 0.5) is 11.4 Å². The number of thiocarbonyl (C=S) groups is 1. The van der Waals surface area contributed by atoms with E-state index in [1.54, 1.807) is 18.2 Å². The lowest BCUT2D eigenvalue weighted by molar-refractivity contribution is -0.383. The number of anilines is 1. The van der Waals surface area contributed by atoms with Gasteiger partial charge < -0.3 is 5.32 Å². The van der Waals surface area contributed by atoms with Crippen LogP contribution in [0.5, 0.6) is 0 Å². The summed E-state index contributed by atoms with van der Waals surface area (Å²) in [5.74, 6) is -0.424. The Hall–Kier alpha value is -3.06. The summed E-state index contributed by atoms with van der Waals surface area (Å²) in [6.45, 7) is 1.98. The maximum Gasteiger partial charge on any atom is 0.292 e. The molecule has 0 atom stereocenters. The quantitative estimate of drug-likeness (QED) is 0.385. The zero-order valence-electron chi connectivity index (χ0n) is 12.9. The summed E-state index contributed by atoms with van der Waals surface area (Å²) in [7, 11) is 0. The molecule has 0 aliphatic rings. The molecular weight excluding hydrogens is 326 g/mol. The zero-order valence-corrected chi connectivity index (χ0v) is 13.7. The predicted octanol–water partition coefficient (Wildman–Crippen LogP) is 3.43. The lowest BCUT2D eigenvalue weighted by Crippen LogP contribution is -2.33. The number of benzene rings is 2. The van der Waals surface area contributed by atoms with Gasteiger partial charge >= 0.3 is 0 Å². The van der Waals surface area contributed by atoms with Gasteiger partial charge in [-0.1, -0.05) is 42.0 Å². The molecule has 0 saturated carbocycles. The van der Waals surface area contributed by atoms with Crippen LogP contribution < -0.4 is 10.6 Å². The SMILES string of the molecule is Cc1ccc(C=CC(=O)NC(=S)Nc2ccccc2[N+](=O)[O-])cc1. The van der Waals surface area contributed by atoms with Crippen LogP contribution in [0.2, 0.25) is 0 Å². The van der Waals surface area contributed by atoms with Crippen molar-refractivity contribution in [2.45, 2.75) is 6.92 Å². The van der Waals surface area contributed by atoms with Gasteiger partial charge in [0.1, 0.15) is 5.69 Å². The predicted molar refractivity (Wildman–Crippen MR) is 97.7 cm³/mol. The number of para-hydroxylation sites is 2. The molecule has 0 fully saturated rings. The van der Waals surface area contributed by atoms with Crippen LogP contribution >= 0.6 is 12.2 Å². The van der Waals surface area contributed by atoms with Gasteiger partial charge in [0, 0.05) is 12.1 Å². The van der Waals surface area contributed by atoms with E-state index in [-0.39, 0.29) is 16.5 Å². The van der Waals surface area contributed by atoms with E-state index in [0.717, 1.165) is 11.1 Å². The first-order valence-electron chi connectivity index (χ1n) is 7.06. The number of nitrogens with one attached hydrogen (secondary N) is 2. The second kappa shape index (κ2) is 7.98. The van der Waals surface area contributed by atoms with Crippen LogP contribution in [0.3, 0.4) is 0 Å². The van der Waals surface area contributed by atoms with E-state index >= 15 is 0 Å². The molecule has 0 saturated heterocycles. The van der Waals surface area contributed by atoms with Crippen LogP contribution in [0.25, 0.3) is 6.08 Å². The summed E-state index contributed by atoms with van der Waals surface area (Å²) < 4.78 is 0. The van der Waals surface area contributed by atoms with Gasteiger partial charge in [0.15, 0.2) is 5.11 Å². The molecule has 122 valence electrons. The molecule has 2 aromatic rings. The molecule has 0 aliphatic heterocycles. The third-order valence-electron chi connectivity index (χ3n) is 3.09. The molecule has 7 heteroatoms. The molecule has 0 bridgehead atoms. The van der Waals surface area contributed by atoms with E-state index < -0.39 is 10.8 Å². The van der Waals surface area contributed by atoms with Crippen molar-refractivity contribution < 1.29 is 9.72 Å². The number of hydrogen-bond donors (Lipinski definition) is 2. The maximum absolute atomic E-state index is 11.8. The minimum atomic E-state index is -0.524. The van der Waals surface area contributed by atoms with Gasteiger partial charge in [0.2, 0.25) is 5.91 Å². The van der Waals surface area contributed by atoms with E-state index in [1.807, 2.05) is 31.2 Å². The average molecular weight is 341 g/mol. The number of aryl methyl sites for hydroxylation is 1. The molecular formula is C17H15N3O3S. The molecule has 0 aromatic heterocycles. The summed E-state index contributed by atoms with van der Waals surface area (Å²) in [5, 5.41) is 16.0. The molecule has 1 amide bonds. The lowest BCUT2D eigenvalue weighted by Gasteiger charge is -2.08. The third-order valence-corrected chi connectivity index (χ3v) is 3.29. The minimum absolute atomic E-state index is 0.0112. The topological polar surface area (TPSA) is 84.3 Å². The molecule has 0 radical (unpaired) electrons. The number of rotatable bonds is 4. The molecule has 0 spiro atoms. The summed E-state index contributed by atoms with van der Waals surface area (Å²) in [6.07, 6.45) is 3.00. The van der Waals surface area contributed by atoms with E-state index in [2.05, 4.69) is 10.6 Å². The van der Waals surface area contributed by atoms with Crippen molar-refractivity contribution in [1.82, 2.24) is 5.32 Å². The standard InChI is InChI=1S/C17H15N3O3S/c1-12-6-8-13(9-7-12)10-11-16(21)19-17(24)18-14-4-2-3-5-15(14)20(22)23/h2-11H,1H3,(H2,18,19,21,24). The smallest absolute Gasteiger partial charge is 0.292 e. The van der Waals surface area contributed by atoms with Crippen molar-refractivity contribution in [3.63, 3.8) is 0 Å². The van der Waals surface area contributed by atoms with Crippen molar-refractivity contribution in [1.29, 1.82) is 0 Å². The Morgan fingerprint density at radius 2 is 1.83 bits per heavy atom. The van der Waals surface area contributed by atoms with Crippen LogP contribution in [0.1, 0.15) is 11.1 Å². The molecule has 2 N–H and O–H groups in total. The molecule has 6 nitrogen and oxygen atoms in total. The summed E-state index contributed by atoms with van der Waals surface area (Å²) in [5.41, 5.74) is 2.11. The van der Waals surface area contributed by atoms with Gasteiger partial charge in [0.05, 0.1) is 4.92 Å². The number of nitrogens with zero attached hydrogens (tertiary/aromatic N) is 1. The van der Waals surface area contributed by atoms with Crippen LogP contribution in [-0.2, 0) is 4.79 Å². The number of hydrogen-bond acceptors (Lipinski definition) is 4. The van der Waals surface area contributed by atoms with Crippen LogP contribution in [-0.4, -0.2) is 15.9 Å². The van der Waals surface area contributed by atoms with Crippen molar-refractivity contribution in [2.75, 3.05) is 5.32 Å². The summed E-state index contributed by atoms with van der Waals surface area (Å²) >= 11 is 5.01. The molecule has 24 heavy (non-hydrogen) atoms. The fourth-order valence-corrected chi connectivity index (χ4v) is 2.11. The van der Waals surface area contributed by atoms with Gasteiger partial charge in [-0.3, -0.25) is 20.2 Å². The lowest BCUT2D eigenvalue weighted by atomic mass is 10.1. The zero-order chi connectivity index (χ0) is 17.5. The monoisotopic (exact) mass is 341 g/mol. The molecule has 2 aromatic carbocycles. The van der Waals surface area contributed by atoms with Gasteiger partial charge in [-0.2, -0.15) is 0 Å². The van der Waals surface area contributed by atoms with Crippen molar-refractivity contribution in [2.24, 2.45) is 0 Å². The molecule has 0 heterocycles. The van der Waals surface area contributed by atoms with E-state index in [0.29, 0.717) is 0 Å². The Morgan fingerprint density at radius 1 is 1.17 bits per heavy atom. The normalized spacial score (nSPS) is 10.4. The highest BCUT2D eigenvalue weighted by Gasteiger charge is 2.13. The third kappa shape index (κ3) is 4.99. The highest BCUT2D eigenvalue weighted by Crippen LogP contribution is 2.22. The van der Waals surface area contributed by atoms with Crippen LogP contribution in [0.15, 0.2) is 54.6 Å². The fraction of sp³-hybridized carbons (Fsp3) is 0.0588. The largest absolute Gasteiger partial charge is 0.327 e. The van der Waals surface area contributed by atoms with Crippen LogP contribution in [0, 0.1) is 17.0 Å².